The van der Waals surface area contributed by atoms with Crippen molar-refractivity contribution < 1.29 is 9.32 Å². The van der Waals surface area contributed by atoms with Gasteiger partial charge in [-0.25, -0.2) is 4.79 Å². The second-order valence-corrected chi connectivity index (χ2v) is 6.23. The minimum absolute atomic E-state index is 0.118. The summed E-state index contributed by atoms with van der Waals surface area (Å²) in [5.41, 5.74) is 3.42. The highest BCUT2D eigenvalue weighted by molar-refractivity contribution is 5.90. The Hall–Kier alpha value is -3.15. The van der Waals surface area contributed by atoms with Gasteiger partial charge in [-0.1, -0.05) is 42.4 Å². The van der Waals surface area contributed by atoms with E-state index in [4.69, 9.17) is 4.52 Å². The van der Waals surface area contributed by atoms with Crippen LogP contribution >= 0.6 is 0 Å². The maximum Gasteiger partial charge on any atom is 0.319 e. The number of anilines is 1. The largest absolute Gasteiger partial charge is 0.335 e. The summed E-state index contributed by atoms with van der Waals surface area (Å²) in [6.45, 7) is 5.98. The van der Waals surface area contributed by atoms with Crippen LogP contribution in [0.2, 0.25) is 0 Å². The third-order valence-corrected chi connectivity index (χ3v) is 4.17. The summed E-state index contributed by atoms with van der Waals surface area (Å²) in [6.07, 6.45) is 0.873. The predicted molar refractivity (Wildman–Crippen MR) is 102 cm³/mol. The maximum atomic E-state index is 12.0. The van der Waals surface area contributed by atoms with Crippen LogP contribution in [0.4, 0.5) is 10.5 Å². The fraction of sp³-hybridized carbons (Fsp3) is 0.250. The van der Waals surface area contributed by atoms with E-state index in [0.717, 1.165) is 23.1 Å². The molecule has 3 rings (SSSR count). The van der Waals surface area contributed by atoms with Crippen LogP contribution in [-0.4, -0.2) is 22.2 Å². The van der Waals surface area contributed by atoms with Gasteiger partial charge >= 0.3 is 6.03 Å². The molecule has 26 heavy (non-hydrogen) atoms. The Morgan fingerprint density at radius 3 is 2.77 bits per heavy atom. The fourth-order valence-corrected chi connectivity index (χ4v) is 2.49. The second-order valence-electron chi connectivity index (χ2n) is 6.23. The number of carbonyl (C=O) groups excluding carboxylic acids is 1. The van der Waals surface area contributed by atoms with E-state index >= 15 is 0 Å². The summed E-state index contributed by atoms with van der Waals surface area (Å²) in [7, 11) is 0. The van der Waals surface area contributed by atoms with Crippen molar-refractivity contribution in [1.82, 2.24) is 15.5 Å². The zero-order valence-electron chi connectivity index (χ0n) is 15.1. The van der Waals surface area contributed by atoms with Gasteiger partial charge in [0.25, 0.3) is 5.89 Å². The van der Waals surface area contributed by atoms with E-state index in [-0.39, 0.29) is 12.1 Å². The Morgan fingerprint density at radius 1 is 1.19 bits per heavy atom. The first-order chi connectivity index (χ1) is 12.6. The van der Waals surface area contributed by atoms with Gasteiger partial charge in [0.15, 0.2) is 0 Å². The summed E-state index contributed by atoms with van der Waals surface area (Å²) in [5, 5.41) is 9.77. The summed E-state index contributed by atoms with van der Waals surface area (Å²) >= 11 is 0. The Balaban J connectivity index is 1.79. The predicted octanol–water partition coefficient (Wildman–Crippen LogP) is 4.63. The van der Waals surface area contributed by atoms with Crippen molar-refractivity contribution in [3.8, 4) is 22.8 Å². The highest BCUT2D eigenvalue weighted by Gasteiger charge is 2.13. The molecule has 6 nitrogen and oxygen atoms in total. The molecule has 0 spiro atoms. The number of hydrogen-bond donors (Lipinski definition) is 2. The molecule has 0 saturated carbocycles. The fourth-order valence-electron chi connectivity index (χ4n) is 2.49. The average Bonchev–Trinajstić information content (AvgIpc) is 3.12. The third-order valence-electron chi connectivity index (χ3n) is 4.17. The van der Waals surface area contributed by atoms with Gasteiger partial charge in [0.1, 0.15) is 0 Å². The normalized spacial score (nSPS) is 11.8. The molecule has 134 valence electrons. The number of aromatic nitrogens is 2. The molecule has 0 fully saturated rings. The lowest BCUT2D eigenvalue weighted by Crippen LogP contribution is -2.35. The lowest BCUT2D eigenvalue weighted by molar-refractivity contribution is 0.249. The number of rotatable bonds is 5. The quantitative estimate of drug-likeness (QED) is 0.703. The number of amides is 2. The molecular weight excluding hydrogens is 328 g/mol. The van der Waals surface area contributed by atoms with Crippen molar-refractivity contribution in [2.24, 2.45) is 0 Å². The first-order valence-electron chi connectivity index (χ1n) is 8.64. The number of nitrogens with one attached hydrogen (secondary N) is 2. The van der Waals surface area contributed by atoms with Gasteiger partial charge in [-0.3, -0.25) is 0 Å². The highest BCUT2D eigenvalue weighted by atomic mass is 16.5. The van der Waals surface area contributed by atoms with E-state index < -0.39 is 0 Å². The van der Waals surface area contributed by atoms with Crippen LogP contribution in [0.3, 0.4) is 0 Å². The Kier molecular flexibility index (Phi) is 5.31. The number of aryl methyl sites for hydroxylation is 1. The van der Waals surface area contributed by atoms with Crippen LogP contribution < -0.4 is 10.6 Å². The van der Waals surface area contributed by atoms with Crippen LogP contribution in [0, 0.1) is 6.92 Å². The van der Waals surface area contributed by atoms with Crippen LogP contribution in [0.5, 0.6) is 0 Å². The van der Waals surface area contributed by atoms with Gasteiger partial charge in [-0.05, 0) is 44.0 Å². The zero-order chi connectivity index (χ0) is 18.5. The lowest BCUT2D eigenvalue weighted by atomic mass is 10.1. The molecule has 2 amide bonds. The van der Waals surface area contributed by atoms with E-state index in [9.17, 15) is 4.79 Å². The minimum Gasteiger partial charge on any atom is -0.335 e. The highest BCUT2D eigenvalue weighted by Crippen LogP contribution is 2.25. The van der Waals surface area contributed by atoms with Gasteiger partial charge in [0.05, 0.1) is 0 Å². The van der Waals surface area contributed by atoms with Crippen molar-refractivity contribution >= 4 is 11.7 Å². The monoisotopic (exact) mass is 350 g/mol. The molecule has 0 aliphatic rings. The van der Waals surface area contributed by atoms with E-state index in [1.165, 1.54) is 0 Å². The molecule has 2 N–H and O–H groups in total. The smallest absolute Gasteiger partial charge is 0.319 e. The van der Waals surface area contributed by atoms with E-state index in [0.29, 0.717) is 17.4 Å². The number of benzene rings is 2. The van der Waals surface area contributed by atoms with E-state index in [1.54, 1.807) is 0 Å². The molecule has 1 aromatic heterocycles. The SMILES string of the molecule is CC[C@H](C)NC(=O)Nc1cccc(-c2noc(-c3ccccc3C)n2)c1. The Morgan fingerprint density at radius 2 is 2.00 bits per heavy atom. The Bertz CT molecular complexity index is 904. The summed E-state index contributed by atoms with van der Waals surface area (Å²) in [6, 6.07) is 15.1. The molecule has 6 heteroatoms. The number of nitrogens with zero attached hydrogens (tertiary/aromatic N) is 2. The summed E-state index contributed by atoms with van der Waals surface area (Å²) in [4.78, 5) is 16.5. The van der Waals surface area contributed by atoms with Crippen molar-refractivity contribution in [2.75, 3.05) is 5.32 Å². The van der Waals surface area contributed by atoms with Crippen molar-refractivity contribution in [3.05, 3.63) is 54.1 Å². The van der Waals surface area contributed by atoms with Gasteiger partial charge in [0.2, 0.25) is 5.82 Å². The molecule has 3 aromatic rings. The molecule has 0 aliphatic carbocycles. The van der Waals surface area contributed by atoms with Gasteiger partial charge in [-0.2, -0.15) is 4.98 Å². The number of urea groups is 1. The minimum atomic E-state index is -0.231. The van der Waals surface area contributed by atoms with E-state index in [1.807, 2.05) is 69.3 Å². The average molecular weight is 350 g/mol. The second kappa shape index (κ2) is 7.82. The molecule has 0 aliphatic heterocycles. The molecule has 0 radical (unpaired) electrons. The molecular formula is C20H22N4O2. The molecule has 0 unspecified atom stereocenters. The number of carbonyl (C=O) groups is 1. The van der Waals surface area contributed by atoms with Crippen molar-refractivity contribution in [1.29, 1.82) is 0 Å². The van der Waals surface area contributed by atoms with Crippen LogP contribution in [0.25, 0.3) is 22.8 Å². The van der Waals surface area contributed by atoms with Crippen LogP contribution in [0.1, 0.15) is 25.8 Å². The van der Waals surface area contributed by atoms with E-state index in [2.05, 4.69) is 20.8 Å². The van der Waals surface area contributed by atoms with Gasteiger partial charge < -0.3 is 15.2 Å². The maximum absolute atomic E-state index is 12.0. The van der Waals surface area contributed by atoms with Crippen molar-refractivity contribution in [3.63, 3.8) is 0 Å². The third kappa shape index (κ3) is 4.08. The van der Waals surface area contributed by atoms with Crippen molar-refractivity contribution in [2.45, 2.75) is 33.2 Å². The molecule has 0 bridgehead atoms. The zero-order valence-corrected chi connectivity index (χ0v) is 15.1. The molecule has 2 aromatic carbocycles. The van der Waals surface area contributed by atoms with Gasteiger partial charge in [0, 0.05) is 22.9 Å². The van der Waals surface area contributed by atoms with Crippen LogP contribution in [0.15, 0.2) is 53.1 Å². The molecule has 0 saturated heterocycles. The Labute approximate surface area is 152 Å². The molecule has 1 heterocycles. The summed E-state index contributed by atoms with van der Waals surface area (Å²) < 4.78 is 5.41. The molecule has 1 atom stereocenters. The standard InChI is InChI=1S/C20H22N4O2/c1-4-14(3)21-20(25)22-16-10-7-9-15(12-16)18-23-19(26-24-18)17-11-6-5-8-13(17)2/h5-12,14H,4H2,1-3H3,(H2,21,22,25)/t14-/m0/s1. The van der Waals surface area contributed by atoms with Crippen LogP contribution in [-0.2, 0) is 0 Å². The number of hydrogen-bond acceptors (Lipinski definition) is 4. The summed E-state index contributed by atoms with van der Waals surface area (Å²) in [5.74, 6) is 0.959. The lowest BCUT2D eigenvalue weighted by Gasteiger charge is -2.12. The van der Waals surface area contributed by atoms with Gasteiger partial charge in [-0.15, -0.1) is 0 Å². The first-order valence-corrected chi connectivity index (χ1v) is 8.64. The first kappa shape index (κ1) is 17.7. The topological polar surface area (TPSA) is 80.0 Å².